The van der Waals surface area contributed by atoms with E-state index in [0.717, 1.165) is 31.5 Å². The molecule has 0 bridgehead atoms. The van der Waals surface area contributed by atoms with Crippen LogP contribution in [0.25, 0.3) is 0 Å². The molecule has 1 atom stereocenters. The van der Waals surface area contributed by atoms with Crippen molar-refractivity contribution in [3.8, 4) is 0 Å². The Morgan fingerprint density at radius 2 is 2.05 bits per heavy atom. The summed E-state index contributed by atoms with van der Waals surface area (Å²) in [6.45, 7) is 8.86. The fourth-order valence-corrected chi connectivity index (χ4v) is 2.18. The van der Waals surface area contributed by atoms with E-state index in [1.165, 1.54) is 6.20 Å². The first-order valence-corrected chi connectivity index (χ1v) is 7.92. The van der Waals surface area contributed by atoms with E-state index < -0.39 is 12.0 Å². The Kier molecular flexibility index (Phi) is 7.08. The summed E-state index contributed by atoms with van der Waals surface area (Å²) in [4.78, 5) is 23.5. The van der Waals surface area contributed by atoms with Crippen LogP contribution in [0.4, 0.5) is 0 Å². The van der Waals surface area contributed by atoms with Crippen molar-refractivity contribution in [1.29, 1.82) is 0 Å². The maximum atomic E-state index is 12.3. The fraction of sp³-hybridized carbons (Fsp3) is 0.688. The molecule has 0 saturated heterocycles. The van der Waals surface area contributed by atoms with Crippen molar-refractivity contribution in [2.24, 2.45) is 5.92 Å². The van der Waals surface area contributed by atoms with Gasteiger partial charge < -0.3 is 10.4 Å². The fourth-order valence-electron chi connectivity index (χ4n) is 2.18. The highest BCUT2D eigenvalue weighted by Gasteiger charge is 2.22. The van der Waals surface area contributed by atoms with Gasteiger partial charge in [0.1, 0.15) is 6.04 Å². The molecule has 22 heavy (non-hydrogen) atoms. The smallest absolute Gasteiger partial charge is 0.326 e. The van der Waals surface area contributed by atoms with Crippen LogP contribution in [0.1, 0.15) is 62.5 Å². The highest BCUT2D eigenvalue weighted by Crippen LogP contribution is 2.11. The molecule has 1 unspecified atom stereocenters. The molecule has 0 aromatic carbocycles. The van der Waals surface area contributed by atoms with E-state index in [1.54, 1.807) is 4.68 Å². The first-order valence-electron chi connectivity index (χ1n) is 7.92. The topological polar surface area (TPSA) is 84.2 Å². The number of hydrogen-bond donors (Lipinski definition) is 2. The number of aliphatic carboxylic acids is 1. The Bertz CT molecular complexity index is 509. The Hall–Kier alpha value is -1.85. The first kappa shape index (κ1) is 18.2. The molecule has 1 amide bonds. The highest BCUT2D eigenvalue weighted by atomic mass is 16.4. The zero-order valence-corrected chi connectivity index (χ0v) is 13.9. The van der Waals surface area contributed by atoms with E-state index in [4.69, 9.17) is 0 Å². The third-order valence-electron chi connectivity index (χ3n) is 3.72. The van der Waals surface area contributed by atoms with Crippen LogP contribution >= 0.6 is 0 Å². The molecule has 1 heterocycles. The Morgan fingerprint density at radius 1 is 1.36 bits per heavy atom. The van der Waals surface area contributed by atoms with Gasteiger partial charge in [0.05, 0.1) is 11.8 Å². The second-order valence-electron chi connectivity index (χ2n) is 6.06. The average Bonchev–Trinajstić information content (AvgIpc) is 2.81. The molecule has 0 saturated carbocycles. The van der Waals surface area contributed by atoms with Crippen LogP contribution < -0.4 is 5.32 Å². The summed E-state index contributed by atoms with van der Waals surface area (Å²) in [5.74, 6) is -0.797. The van der Waals surface area contributed by atoms with Crippen LogP contribution in [-0.2, 0) is 11.3 Å². The second-order valence-corrected chi connectivity index (χ2v) is 6.06. The molecule has 1 aromatic rings. The summed E-state index contributed by atoms with van der Waals surface area (Å²) in [5.41, 5.74) is 1.23. The van der Waals surface area contributed by atoms with E-state index >= 15 is 0 Å². The van der Waals surface area contributed by atoms with Crippen LogP contribution in [-0.4, -0.2) is 32.8 Å². The quantitative estimate of drug-likeness (QED) is 0.734. The minimum absolute atomic E-state index is 0.364. The summed E-state index contributed by atoms with van der Waals surface area (Å²) in [6, 6.07) is -0.842. The number of carbonyl (C=O) groups is 2. The Balaban J connectivity index is 2.74. The van der Waals surface area contributed by atoms with E-state index in [0.29, 0.717) is 17.9 Å². The van der Waals surface area contributed by atoms with Gasteiger partial charge in [-0.15, -0.1) is 0 Å². The maximum Gasteiger partial charge on any atom is 0.326 e. The van der Waals surface area contributed by atoms with Gasteiger partial charge >= 0.3 is 5.97 Å². The van der Waals surface area contributed by atoms with Gasteiger partial charge in [-0.05, 0) is 25.7 Å². The molecule has 0 radical (unpaired) electrons. The van der Waals surface area contributed by atoms with Crippen LogP contribution in [0, 0.1) is 12.8 Å². The molecule has 0 spiro atoms. The number of aryl methyl sites for hydroxylation is 1. The summed E-state index contributed by atoms with van der Waals surface area (Å²) >= 11 is 0. The van der Waals surface area contributed by atoms with E-state index in [1.807, 2.05) is 13.8 Å². The zero-order valence-electron chi connectivity index (χ0n) is 13.9. The highest BCUT2D eigenvalue weighted by molar-refractivity contribution is 5.97. The molecule has 0 aliphatic heterocycles. The number of carbonyl (C=O) groups excluding carboxylic acids is 1. The van der Waals surface area contributed by atoms with E-state index in [-0.39, 0.29) is 5.91 Å². The molecule has 124 valence electrons. The molecule has 0 aliphatic rings. The lowest BCUT2D eigenvalue weighted by Crippen LogP contribution is -2.40. The van der Waals surface area contributed by atoms with Crippen LogP contribution in [0.15, 0.2) is 6.20 Å². The van der Waals surface area contributed by atoms with Gasteiger partial charge in [-0.1, -0.05) is 33.6 Å². The molecule has 0 fully saturated rings. The number of rotatable bonds is 9. The Labute approximate surface area is 131 Å². The molecular formula is C16H27N3O3. The predicted octanol–water partition coefficient (Wildman–Crippen LogP) is 2.61. The lowest BCUT2D eigenvalue weighted by atomic mass is 10.1. The number of carboxylic acid groups (broad SMARTS) is 1. The molecule has 2 N–H and O–H groups in total. The standard InChI is InChI=1S/C16H27N3O3/c1-5-6-7-14(16(21)22)18-15(20)13-10-17-19(12(13)4)9-8-11(2)3/h10-11,14H,5-9H2,1-4H3,(H,18,20)(H,21,22). The minimum Gasteiger partial charge on any atom is -0.480 e. The molecule has 6 nitrogen and oxygen atoms in total. The lowest BCUT2D eigenvalue weighted by Gasteiger charge is -2.14. The van der Waals surface area contributed by atoms with E-state index in [9.17, 15) is 14.7 Å². The minimum atomic E-state index is -0.994. The molecular weight excluding hydrogens is 282 g/mol. The number of nitrogens with one attached hydrogen (secondary N) is 1. The molecule has 0 aliphatic carbocycles. The normalized spacial score (nSPS) is 12.4. The average molecular weight is 309 g/mol. The van der Waals surface area contributed by atoms with Crippen molar-refractivity contribution in [2.45, 2.75) is 66.0 Å². The number of hydrogen-bond acceptors (Lipinski definition) is 3. The van der Waals surface area contributed by atoms with E-state index in [2.05, 4.69) is 24.3 Å². The number of nitrogens with zero attached hydrogens (tertiary/aromatic N) is 2. The second kappa shape index (κ2) is 8.56. The van der Waals surface area contributed by atoms with Gasteiger partial charge in [-0.3, -0.25) is 9.48 Å². The molecule has 6 heteroatoms. The van der Waals surface area contributed by atoms with Gasteiger partial charge in [-0.2, -0.15) is 5.10 Å². The molecule has 1 rings (SSSR count). The van der Waals surface area contributed by atoms with Crippen molar-refractivity contribution in [1.82, 2.24) is 15.1 Å². The number of aromatic nitrogens is 2. The van der Waals surface area contributed by atoms with Gasteiger partial charge in [0.25, 0.3) is 5.91 Å². The monoisotopic (exact) mass is 309 g/mol. The van der Waals surface area contributed by atoms with Gasteiger partial charge in [0, 0.05) is 12.2 Å². The Morgan fingerprint density at radius 3 is 2.59 bits per heavy atom. The van der Waals surface area contributed by atoms with Crippen LogP contribution in [0.5, 0.6) is 0 Å². The van der Waals surface area contributed by atoms with Gasteiger partial charge in [0.15, 0.2) is 0 Å². The SMILES string of the molecule is CCCCC(NC(=O)c1cnn(CCC(C)C)c1C)C(=O)O. The van der Waals surface area contributed by atoms with Crippen molar-refractivity contribution in [2.75, 3.05) is 0 Å². The summed E-state index contributed by atoms with van der Waals surface area (Å²) in [6.07, 6.45) is 4.61. The van der Waals surface area contributed by atoms with Crippen molar-refractivity contribution in [3.05, 3.63) is 17.5 Å². The number of amides is 1. The number of carboxylic acids is 1. The summed E-state index contributed by atoms with van der Waals surface area (Å²) in [5, 5.41) is 16.0. The van der Waals surface area contributed by atoms with Crippen molar-refractivity contribution < 1.29 is 14.7 Å². The van der Waals surface area contributed by atoms with Crippen LogP contribution in [0.2, 0.25) is 0 Å². The van der Waals surface area contributed by atoms with Crippen molar-refractivity contribution in [3.63, 3.8) is 0 Å². The zero-order chi connectivity index (χ0) is 16.7. The summed E-state index contributed by atoms with van der Waals surface area (Å²) in [7, 11) is 0. The molecule has 1 aromatic heterocycles. The summed E-state index contributed by atoms with van der Waals surface area (Å²) < 4.78 is 1.80. The largest absolute Gasteiger partial charge is 0.480 e. The van der Waals surface area contributed by atoms with Gasteiger partial charge in [0.2, 0.25) is 0 Å². The maximum absolute atomic E-state index is 12.3. The predicted molar refractivity (Wildman–Crippen MR) is 84.8 cm³/mol. The van der Waals surface area contributed by atoms with Crippen molar-refractivity contribution >= 4 is 11.9 Å². The third kappa shape index (κ3) is 5.16. The third-order valence-corrected chi connectivity index (χ3v) is 3.72. The lowest BCUT2D eigenvalue weighted by molar-refractivity contribution is -0.139. The van der Waals surface area contributed by atoms with Crippen LogP contribution in [0.3, 0.4) is 0 Å². The number of unbranched alkanes of at least 4 members (excludes halogenated alkanes) is 1. The first-order chi connectivity index (χ1) is 10.4. The van der Waals surface area contributed by atoms with Gasteiger partial charge in [-0.25, -0.2) is 4.79 Å².